The van der Waals surface area contributed by atoms with Crippen molar-refractivity contribution in [3.63, 3.8) is 0 Å². The molecule has 676 valence electrons. The van der Waals surface area contributed by atoms with Gasteiger partial charge < -0.3 is 39.2 Å². The highest BCUT2D eigenvalue weighted by Crippen LogP contribution is 2.60. The van der Waals surface area contributed by atoms with Gasteiger partial charge in [0.05, 0.1) is 34.1 Å². The lowest BCUT2D eigenvalue weighted by Crippen LogP contribution is -2.40. The van der Waals surface area contributed by atoms with Gasteiger partial charge in [-0.1, -0.05) is 370 Å². The second-order valence-corrected chi connectivity index (χ2v) is 38.2. The number of benzene rings is 18. The number of rotatable bonds is 6. The Morgan fingerprint density at radius 3 is 0.698 bits per heavy atom. The van der Waals surface area contributed by atoms with Crippen LogP contribution >= 0.6 is 0 Å². The first-order valence-corrected chi connectivity index (χ1v) is 49.1. The molecule has 0 unspecified atom stereocenters. The molecule has 0 bridgehead atoms. The largest absolute Gasteiger partial charge is 0.359 e. The van der Waals surface area contributed by atoms with Crippen LogP contribution in [-0.4, -0.2) is 54.6 Å². The van der Waals surface area contributed by atoms with Crippen LogP contribution in [0.2, 0.25) is 0 Å². The second-order valence-electron chi connectivity index (χ2n) is 38.2. The zero-order valence-corrected chi connectivity index (χ0v) is 81.0. The Bertz CT molecular complexity index is 7960. The van der Waals surface area contributed by atoms with Gasteiger partial charge in [0.25, 0.3) is 0 Å². The van der Waals surface area contributed by atoms with Gasteiger partial charge >= 0.3 is 0 Å². The normalized spacial score (nSPS) is 15.6. The summed E-state index contributed by atoms with van der Waals surface area (Å²) in [5, 5.41) is 0. The molecule has 18 aromatic rings. The van der Waals surface area contributed by atoms with Crippen molar-refractivity contribution in [3.8, 4) is 178 Å². The molecule has 18 aromatic carbocycles. The number of fused-ring (bicyclic) bond motifs is 33. The Morgan fingerprint density at radius 1 is 0.187 bits per heavy atom. The summed E-state index contributed by atoms with van der Waals surface area (Å²) in [5.74, 6) is 0. The molecule has 4 atom stereocenters. The zero-order valence-electron chi connectivity index (χ0n) is 81.0. The maximum absolute atomic E-state index is 2.54. The van der Waals surface area contributed by atoms with E-state index in [2.05, 4.69) is 554 Å². The van der Waals surface area contributed by atoms with Crippen LogP contribution in [0.1, 0.15) is 63.8 Å². The second kappa shape index (κ2) is 35.7. The van der Waals surface area contributed by atoms with Gasteiger partial charge in [0.1, 0.15) is 24.7 Å². The van der Waals surface area contributed by atoms with Gasteiger partial charge in [-0.3, -0.25) is 0 Å². The molecule has 0 spiro atoms. The maximum atomic E-state index is 2.54. The van der Waals surface area contributed by atoms with Crippen molar-refractivity contribution >= 4 is 39.8 Å². The van der Waals surface area contributed by atoms with Crippen LogP contribution in [0.25, 0.3) is 178 Å². The van der Waals surface area contributed by atoms with Gasteiger partial charge in [-0.15, -0.1) is 0 Å². The van der Waals surface area contributed by atoms with Gasteiger partial charge in [-0.2, -0.15) is 0 Å². The SMILES string of the molecule is Cc1ccc2c(c1N1C=CN(C(C)C)[C@@H]1C)-c1ccccc1-c1ccccc1-c1ccccc1-2.Cc1ccc2c(c1N1C=CN(C)[C@@H]1C)-c1ccccc1-c1ccccc1-c1ccccc1-2.Cc1ccc2c(c1N1C=CN(c3ccccc3)[C@@H]1C)-c1ccccc1-c1ccccc1-c1ccccc1-2.Cc1ccc2c(c1N1c3ccccc3N(C)[C@@H]1C)-c1ccccc1-c1ccccc1-c1ccccc1-2. The fourth-order valence-electron chi connectivity index (χ4n) is 23.3. The predicted molar refractivity (Wildman–Crippen MR) is 589 cm³/mol. The zero-order chi connectivity index (χ0) is 94.5. The molecule has 4 heterocycles. The lowest BCUT2D eigenvalue weighted by Gasteiger charge is -2.35. The summed E-state index contributed by atoms with van der Waals surface area (Å²) < 4.78 is 0. The van der Waals surface area contributed by atoms with Crippen molar-refractivity contribution in [2.24, 2.45) is 0 Å². The number of hydrogen-bond donors (Lipinski definition) is 0. The molecule has 0 aromatic heterocycles. The molecule has 8 aliphatic rings. The molecule has 26 rings (SSSR count). The van der Waals surface area contributed by atoms with Crippen molar-refractivity contribution in [1.82, 2.24) is 9.80 Å². The topological polar surface area (TPSA) is 25.9 Å². The minimum atomic E-state index is 0.146. The fraction of sp³-hybridized carbons (Fsp3) is 0.130. The smallest absolute Gasteiger partial charge is 0.107 e. The van der Waals surface area contributed by atoms with Crippen LogP contribution in [-0.2, 0) is 0 Å². The lowest BCUT2D eigenvalue weighted by atomic mass is 9.79. The molecule has 0 radical (unpaired) electrons. The van der Waals surface area contributed by atoms with Gasteiger partial charge in [-0.25, -0.2) is 0 Å². The summed E-state index contributed by atoms with van der Waals surface area (Å²) in [6.45, 7) is 22.6. The quantitative estimate of drug-likeness (QED) is 0.163. The Balaban J connectivity index is 0.000000104. The van der Waals surface area contributed by atoms with E-state index < -0.39 is 0 Å². The lowest BCUT2D eigenvalue weighted by molar-refractivity contribution is 0.263. The number of hydrogen-bond acceptors (Lipinski definition) is 8. The molecule has 0 amide bonds. The van der Waals surface area contributed by atoms with Gasteiger partial charge in [0.15, 0.2) is 0 Å². The standard InChI is InChI=1S/C35H28N2.C34H28N2.C32H30N2.C30H26N2/c1-24-20-21-33-31-18-9-8-16-29(31)27-14-6-7-15-28(27)30-17-10-11-19-32(30)34(33)35(24)37-23-22-36(25(37)2)26-12-4-3-5-13-26;1-22-20-21-30-28-16-7-6-14-26(28)24-12-4-5-13-25(24)27-15-8-9-17-29(27)33(30)34(22)36-23(2)35(3)31-18-10-11-19-32(31)36;1-21(2)33-19-20-34(23(33)4)32-22(3)17-18-30-28-15-8-7-13-26(28)24-11-5-6-12-25(24)27-14-9-10-16-29(27)31(30)32;1-20-16-17-28-26-14-7-6-12-24(26)22-10-4-5-11-23(22)25-13-8-9-15-27(25)29(28)30(20)32-19-18-31(3)21(32)2/h3-23,25H,1-2H3;4-21,23H,1-3H3;5-21,23H,1-4H3;4-19,21H,1-3H3/t25-;2*23-;21-/m0000/s1. The predicted octanol–water partition coefficient (Wildman–Crippen LogP) is 33.9. The highest BCUT2D eigenvalue weighted by atomic mass is 15.4. The molecule has 139 heavy (non-hydrogen) atoms. The van der Waals surface area contributed by atoms with Crippen LogP contribution in [0, 0.1) is 27.7 Å². The van der Waals surface area contributed by atoms with E-state index in [1.54, 1.807) is 0 Å². The van der Waals surface area contributed by atoms with Gasteiger partial charge in [0, 0.05) is 85.3 Å². The van der Waals surface area contributed by atoms with E-state index in [4.69, 9.17) is 0 Å². The fourth-order valence-corrected chi connectivity index (χ4v) is 23.3. The Hall–Kier alpha value is -16.4. The first kappa shape index (κ1) is 86.7. The first-order chi connectivity index (χ1) is 68.1. The van der Waals surface area contributed by atoms with Crippen molar-refractivity contribution in [2.45, 2.75) is 99.9 Å². The molecular formula is C131H112N8. The average molecular weight is 1800 g/mol. The summed E-state index contributed by atoms with van der Waals surface area (Å²) in [7, 11) is 4.34. The van der Waals surface area contributed by atoms with E-state index in [0.29, 0.717) is 6.04 Å². The molecule has 8 nitrogen and oxygen atoms in total. The highest BCUT2D eigenvalue weighted by Gasteiger charge is 2.40. The van der Waals surface area contributed by atoms with E-state index in [0.717, 1.165) is 0 Å². The molecule has 0 saturated carbocycles. The minimum Gasteiger partial charge on any atom is -0.359 e. The molecule has 0 N–H and O–H groups in total. The summed E-state index contributed by atoms with van der Waals surface area (Å²) in [5.41, 5.74) is 55.2. The highest BCUT2D eigenvalue weighted by molar-refractivity contribution is 6.13. The Labute approximate surface area is 819 Å². The Morgan fingerprint density at radius 2 is 0.410 bits per heavy atom. The third-order valence-electron chi connectivity index (χ3n) is 30.2. The van der Waals surface area contributed by atoms with E-state index >= 15 is 0 Å². The van der Waals surface area contributed by atoms with E-state index in [1.165, 1.54) is 240 Å². The number of nitrogens with zero attached hydrogens (tertiary/aromatic N) is 8. The summed E-state index contributed by atoms with van der Waals surface area (Å²) in [6, 6.07) is 145. The van der Waals surface area contributed by atoms with Crippen LogP contribution < -0.4 is 29.4 Å². The Kier molecular flexibility index (Phi) is 22.3. The minimum absolute atomic E-state index is 0.146. The van der Waals surface area contributed by atoms with Crippen LogP contribution in [0.5, 0.6) is 0 Å². The molecule has 4 aliphatic carbocycles. The third kappa shape index (κ3) is 14.6. The van der Waals surface area contributed by atoms with E-state index in [-0.39, 0.29) is 24.7 Å². The number of anilines is 7. The molecule has 4 aliphatic heterocycles. The van der Waals surface area contributed by atoms with Gasteiger partial charge in [0.2, 0.25) is 0 Å². The van der Waals surface area contributed by atoms with Crippen molar-refractivity contribution in [3.05, 3.63) is 454 Å². The van der Waals surface area contributed by atoms with Crippen LogP contribution in [0.3, 0.4) is 0 Å². The third-order valence-corrected chi connectivity index (χ3v) is 30.2. The van der Waals surface area contributed by atoms with Crippen molar-refractivity contribution < 1.29 is 0 Å². The molecular weight excluding hydrogens is 1690 g/mol. The maximum Gasteiger partial charge on any atom is 0.107 e. The monoisotopic (exact) mass is 1800 g/mol. The number of para-hydroxylation sites is 3. The van der Waals surface area contributed by atoms with Crippen LogP contribution in [0.4, 0.5) is 39.8 Å². The van der Waals surface area contributed by atoms with E-state index in [9.17, 15) is 0 Å². The molecule has 0 saturated heterocycles. The van der Waals surface area contributed by atoms with Gasteiger partial charge in [-0.05, 0) is 272 Å². The average Bonchev–Trinajstić information content (AvgIpc) is 1.72. The summed E-state index contributed by atoms with van der Waals surface area (Å²) >= 11 is 0. The number of aryl methyl sites for hydroxylation is 4. The van der Waals surface area contributed by atoms with Crippen molar-refractivity contribution in [1.29, 1.82) is 0 Å². The first-order valence-electron chi connectivity index (χ1n) is 49.1. The summed E-state index contributed by atoms with van der Waals surface area (Å²) in [4.78, 5) is 19.3. The molecule has 0 fully saturated rings. The summed E-state index contributed by atoms with van der Waals surface area (Å²) in [6.07, 6.45) is 14.2. The van der Waals surface area contributed by atoms with E-state index in [1.807, 2.05) is 0 Å². The van der Waals surface area contributed by atoms with Crippen molar-refractivity contribution in [2.75, 3.05) is 43.5 Å². The molecule has 8 heteroatoms. The van der Waals surface area contributed by atoms with Crippen LogP contribution in [0.15, 0.2) is 432 Å².